The number of nitrogens with zero attached hydrogens (tertiary/aromatic N) is 1. The summed E-state index contributed by atoms with van der Waals surface area (Å²) in [6, 6.07) is 13.1. The van der Waals surface area contributed by atoms with Crippen molar-refractivity contribution in [1.29, 1.82) is 0 Å². The van der Waals surface area contributed by atoms with Gasteiger partial charge in [0, 0.05) is 11.1 Å². The number of oxazole rings is 1. The first-order valence-electron chi connectivity index (χ1n) is 5.69. The van der Waals surface area contributed by atoms with Crippen molar-refractivity contribution in [1.82, 2.24) is 4.98 Å². The van der Waals surface area contributed by atoms with E-state index in [-0.39, 0.29) is 0 Å². The zero-order valence-electron chi connectivity index (χ0n) is 9.88. The number of hydrogen-bond acceptors (Lipinski definition) is 3. The molecule has 1 heterocycles. The zero-order valence-corrected chi connectivity index (χ0v) is 9.88. The maximum atomic E-state index is 10.6. The summed E-state index contributed by atoms with van der Waals surface area (Å²) in [7, 11) is 0. The number of aromatic nitrogens is 1. The minimum Gasteiger partial charge on any atom is -0.436 e. The maximum Gasteiger partial charge on any atom is 0.227 e. The van der Waals surface area contributed by atoms with E-state index < -0.39 is 0 Å². The molecule has 3 rings (SSSR count). The normalized spacial score (nSPS) is 10.7. The lowest BCUT2D eigenvalue weighted by atomic mass is 10.1. The van der Waals surface area contributed by atoms with E-state index in [9.17, 15) is 4.79 Å². The Kier molecular flexibility index (Phi) is 2.45. The molecule has 0 saturated carbocycles. The van der Waals surface area contributed by atoms with E-state index in [2.05, 4.69) is 4.98 Å². The first kappa shape index (κ1) is 10.7. The van der Waals surface area contributed by atoms with Crippen LogP contribution in [0.1, 0.15) is 15.9 Å². The molecule has 0 amide bonds. The molecule has 0 unspecified atom stereocenters. The predicted octanol–water partition coefficient (Wildman–Crippen LogP) is 3.62. The van der Waals surface area contributed by atoms with Crippen molar-refractivity contribution >= 4 is 17.4 Å². The van der Waals surface area contributed by atoms with E-state index in [4.69, 9.17) is 4.42 Å². The van der Waals surface area contributed by atoms with Crippen LogP contribution in [0, 0.1) is 6.92 Å². The largest absolute Gasteiger partial charge is 0.436 e. The van der Waals surface area contributed by atoms with Crippen LogP contribution in [0.5, 0.6) is 0 Å². The van der Waals surface area contributed by atoms with Crippen LogP contribution in [0.3, 0.4) is 0 Å². The molecular weight excluding hydrogens is 226 g/mol. The van der Waals surface area contributed by atoms with Gasteiger partial charge in [-0.05, 0) is 36.8 Å². The van der Waals surface area contributed by atoms with Gasteiger partial charge in [-0.3, -0.25) is 4.79 Å². The summed E-state index contributed by atoms with van der Waals surface area (Å²) < 4.78 is 5.71. The molecule has 0 radical (unpaired) electrons. The highest BCUT2D eigenvalue weighted by atomic mass is 16.3. The standard InChI is InChI=1S/C15H11NO2/c1-10-2-7-13-14(8-10)18-15(16-13)12-5-3-11(9-17)4-6-12/h2-9H,1H3. The van der Waals surface area contributed by atoms with E-state index in [1.165, 1.54) is 0 Å². The number of aryl methyl sites for hydroxylation is 1. The Hall–Kier alpha value is -2.42. The third-order valence-corrected chi connectivity index (χ3v) is 2.84. The van der Waals surface area contributed by atoms with Crippen molar-refractivity contribution < 1.29 is 9.21 Å². The lowest BCUT2D eigenvalue weighted by Gasteiger charge is -1.94. The molecule has 1 aromatic heterocycles. The summed E-state index contributed by atoms with van der Waals surface area (Å²) in [6.07, 6.45) is 0.819. The lowest BCUT2D eigenvalue weighted by molar-refractivity contribution is 0.112. The minimum absolute atomic E-state index is 0.577. The Morgan fingerprint density at radius 2 is 1.89 bits per heavy atom. The van der Waals surface area contributed by atoms with Crippen LogP contribution in [-0.2, 0) is 0 Å². The van der Waals surface area contributed by atoms with Gasteiger partial charge in [0.1, 0.15) is 11.8 Å². The van der Waals surface area contributed by atoms with Crippen molar-refractivity contribution in [2.75, 3.05) is 0 Å². The highest BCUT2D eigenvalue weighted by Crippen LogP contribution is 2.24. The molecule has 0 aliphatic heterocycles. The molecule has 0 aliphatic carbocycles. The number of carbonyl (C=O) groups is 1. The Labute approximate surface area is 104 Å². The summed E-state index contributed by atoms with van der Waals surface area (Å²) in [6.45, 7) is 2.01. The van der Waals surface area contributed by atoms with E-state index >= 15 is 0 Å². The molecule has 3 nitrogen and oxygen atoms in total. The smallest absolute Gasteiger partial charge is 0.227 e. The molecule has 3 aromatic rings. The molecule has 0 aliphatic rings. The van der Waals surface area contributed by atoms with Crippen LogP contribution < -0.4 is 0 Å². The van der Waals surface area contributed by atoms with E-state index in [0.29, 0.717) is 11.5 Å². The number of aldehydes is 1. The molecule has 2 aromatic carbocycles. The second-order valence-corrected chi connectivity index (χ2v) is 4.23. The van der Waals surface area contributed by atoms with Crippen LogP contribution in [0.4, 0.5) is 0 Å². The third-order valence-electron chi connectivity index (χ3n) is 2.84. The second-order valence-electron chi connectivity index (χ2n) is 4.23. The lowest BCUT2D eigenvalue weighted by Crippen LogP contribution is -1.80. The van der Waals surface area contributed by atoms with Crippen molar-refractivity contribution in [2.24, 2.45) is 0 Å². The summed E-state index contributed by atoms with van der Waals surface area (Å²) in [5, 5.41) is 0. The Morgan fingerprint density at radius 1 is 1.11 bits per heavy atom. The van der Waals surface area contributed by atoms with Crippen LogP contribution in [0.2, 0.25) is 0 Å². The summed E-state index contributed by atoms with van der Waals surface area (Å²) in [4.78, 5) is 15.0. The average molecular weight is 237 g/mol. The van der Waals surface area contributed by atoms with E-state index in [1.54, 1.807) is 12.1 Å². The topological polar surface area (TPSA) is 43.1 Å². The van der Waals surface area contributed by atoms with Crippen molar-refractivity contribution in [3.05, 3.63) is 53.6 Å². The van der Waals surface area contributed by atoms with Crippen molar-refractivity contribution in [3.8, 4) is 11.5 Å². The first-order valence-corrected chi connectivity index (χ1v) is 5.69. The molecule has 0 bridgehead atoms. The molecule has 0 fully saturated rings. The fourth-order valence-electron chi connectivity index (χ4n) is 1.86. The summed E-state index contributed by atoms with van der Waals surface area (Å²) in [5.74, 6) is 0.577. The van der Waals surface area contributed by atoms with Crippen LogP contribution in [0.15, 0.2) is 46.9 Å². The van der Waals surface area contributed by atoms with E-state index in [1.807, 2.05) is 37.3 Å². The predicted molar refractivity (Wildman–Crippen MR) is 69.6 cm³/mol. The summed E-state index contributed by atoms with van der Waals surface area (Å²) >= 11 is 0. The fraction of sp³-hybridized carbons (Fsp3) is 0.0667. The van der Waals surface area contributed by atoms with Crippen LogP contribution >= 0.6 is 0 Å². The Morgan fingerprint density at radius 3 is 2.61 bits per heavy atom. The SMILES string of the molecule is Cc1ccc2nc(-c3ccc(C=O)cc3)oc2c1. The molecule has 0 saturated heterocycles. The second kappa shape index (κ2) is 4.11. The number of fused-ring (bicyclic) bond motifs is 1. The monoisotopic (exact) mass is 237 g/mol. The summed E-state index contributed by atoms with van der Waals surface area (Å²) in [5.41, 5.74) is 4.28. The van der Waals surface area contributed by atoms with Gasteiger partial charge < -0.3 is 4.42 Å². The van der Waals surface area contributed by atoms with Gasteiger partial charge in [0.15, 0.2) is 5.58 Å². The van der Waals surface area contributed by atoms with Gasteiger partial charge in [-0.15, -0.1) is 0 Å². The third kappa shape index (κ3) is 1.80. The number of hydrogen-bond donors (Lipinski definition) is 0. The molecule has 0 atom stereocenters. The highest BCUT2D eigenvalue weighted by molar-refractivity contribution is 5.78. The molecule has 3 heteroatoms. The number of rotatable bonds is 2. The van der Waals surface area contributed by atoms with Gasteiger partial charge >= 0.3 is 0 Å². The van der Waals surface area contributed by atoms with Gasteiger partial charge in [-0.25, -0.2) is 4.98 Å². The Balaban J connectivity index is 2.10. The van der Waals surface area contributed by atoms with E-state index in [0.717, 1.165) is 28.5 Å². The van der Waals surface area contributed by atoms with Crippen LogP contribution in [-0.4, -0.2) is 11.3 Å². The maximum absolute atomic E-state index is 10.6. The number of benzene rings is 2. The molecule has 0 N–H and O–H groups in total. The van der Waals surface area contributed by atoms with Crippen molar-refractivity contribution in [2.45, 2.75) is 6.92 Å². The van der Waals surface area contributed by atoms with Gasteiger partial charge in [0.25, 0.3) is 0 Å². The minimum atomic E-state index is 0.577. The van der Waals surface area contributed by atoms with Gasteiger partial charge in [0.05, 0.1) is 0 Å². The van der Waals surface area contributed by atoms with Gasteiger partial charge in [0.2, 0.25) is 5.89 Å². The highest BCUT2D eigenvalue weighted by Gasteiger charge is 2.07. The zero-order chi connectivity index (χ0) is 12.5. The molecule has 18 heavy (non-hydrogen) atoms. The quantitative estimate of drug-likeness (QED) is 0.639. The molecule has 0 spiro atoms. The van der Waals surface area contributed by atoms with Gasteiger partial charge in [-0.2, -0.15) is 0 Å². The fourth-order valence-corrected chi connectivity index (χ4v) is 1.86. The Bertz CT molecular complexity index is 711. The van der Waals surface area contributed by atoms with Crippen LogP contribution in [0.25, 0.3) is 22.6 Å². The van der Waals surface area contributed by atoms with Crippen molar-refractivity contribution in [3.63, 3.8) is 0 Å². The number of carbonyl (C=O) groups excluding carboxylic acids is 1. The van der Waals surface area contributed by atoms with Gasteiger partial charge in [-0.1, -0.05) is 18.2 Å². The molecular formula is C15H11NO2. The average Bonchev–Trinajstić information content (AvgIpc) is 2.81. The first-order chi connectivity index (χ1) is 8.76. The molecule has 88 valence electrons.